The van der Waals surface area contributed by atoms with Crippen molar-refractivity contribution in [2.45, 2.75) is 12.5 Å². The third-order valence-corrected chi connectivity index (χ3v) is 3.44. The summed E-state index contributed by atoms with van der Waals surface area (Å²) in [7, 11) is 0. The molecule has 3 aromatic rings. The van der Waals surface area contributed by atoms with Gasteiger partial charge in [-0.15, -0.1) is 0 Å². The van der Waals surface area contributed by atoms with E-state index >= 15 is 0 Å². The van der Waals surface area contributed by atoms with E-state index in [0.717, 1.165) is 11.1 Å². The summed E-state index contributed by atoms with van der Waals surface area (Å²) in [6.07, 6.45) is 0.585. The van der Waals surface area contributed by atoms with Crippen LogP contribution in [-0.2, 0) is 6.42 Å². The highest BCUT2D eigenvalue weighted by atomic mass is 35.5. The van der Waals surface area contributed by atoms with Crippen LogP contribution in [0.2, 0.25) is 5.02 Å². The van der Waals surface area contributed by atoms with Crippen molar-refractivity contribution >= 4 is 11.6 Å². The Morgan fingerprint density at radius 3 is 2.48 bits per heavy atom. The summed E-state index contributed by atoms with van der Waals surface area (Å²) >= 11 is 5.86. The van der Waals surface area contributed by atoms with E-state index in [1.807, 2.05) is 54.6 Å². The first-order chi connectivity index (χ1) is 10.2. The maximum atomic E-state index is 6.13. The van der Waals surface area contributed by atoms with E-state index in [9.17, 15) is 0 Å². The normalized spacial score (nSPS) is 12.3. The van der Waals surface area contributed by atoms with E-state index in [1.165, 1.54) is 0 Å². The van der Waals surface area contributed by atoms with Gasteiger partial charge < -0.3 is 10.3 Å². The highest BCUT2D eigenvalue weighted by Crippen LogP contribution is 2.18. The number of hydrogen-bond acceptors (Lipinski definition) is 4. The highest BCUT2D eigenvalue weighted by Gasteiger charge is 2.16. The van der Waals surface area contributed by atoms with Gasteiger partial charge in [-0.2, -0.15) is 4.98 Å². The quantitative estimate of drug-likeness (QED) is 0.802. The van der Waals surface area contributed by atoms with Crippen LogP contribution in [0.1, 0.15) is 28.9 Å². The molecule has 1 heterocycles. The maximum absolute atomic E-state index is 6.13. The number of hydrogen-bond donors (Lipinski definition) is 1. The molecular weight excluding hydrogens is 286 g/mol. The van der Waals surface area contributed by atoms with E-state index < -0.39 is 6.04 Å². The van der Waals surface area contributed by atoms with Crippen molar-refractivity contribution < 1.29 is 4.52 Å². The molecule has 21 heavy (non-hydrogen) atoms. The minimum absolute atomic E-state index is 0.405. The fourth-order valence-corrected chi connectivity index (χ4v) is 2.18. The second-order valence-electron chi connectivity index (χ2n) is 4.74. The summed E-state index contributed by atoms with van der Waals surface area (Å²) in [5.41, 5.74) is 8.14. The summed E-state index contributed by atoms with van der Waals surface area (Å²) in [4.78, 5) is 4.37. The van der Waals surface area contributed by atoms with Gasteiger partial charge >= 0.3 is 0 Å². The molecule has 0 amide bonds. The lowest BCUT2D eigenvalue weighted by Crippen LogP contribution is -2.12. The first kappa shape index (κ1) is 13.8. The summed E-state index contributed by atoms with van der Waals surface area (Å²) in [5, 5.41) is 4.69. The SMILES string of the molecule is NC(c1ccccc1)c1nc(Cc2ccc(Cl)cc2)no1. The topological polar surface area (TPSA) is 64.9 Å². The molecule has 5 heteroatoms. The van der Waals surface area contributed by atoms with Crippen LogP contribution in [0.4, 0.5) is 0 Å². The molecule has 3 rings (SSSR count). The van der Waals surface area contributed by atoms with Crippen molar-refractivity contribution in [2.75, 3.05) is 0 Å². The molecule has 0 aliphatic heterocycles. The molecule has 0 spiro atoms. The highest BCUT2D eigenvalue weighted by molar-refractivity contribution is 6.30. The zero-order valence-electron chi connectivity index (χ0n) is 11.2. The van der Waals surface area contributed by atoms with Crippen molar-refractivity contribution in [2.24, 2.45) is 5.73 Å². The van der Waals surface area contributed by atoms with Crippen molar-refractivity contribution in [1.82, 2.24) is 10.1 Å². The minimum atomic E-state index is -0.405. The molecule has 4 nitrogen and oxygen atoms in total. The van der Waals surface area contributed by atoms with Crippen LogP contribution in [0, 0.1) is 0 Å². The Balaban J connectivity index is 1.75. The lowest BCUT2D eigenvalue weighted by atomic mass is 10.1. The van der Waals surface area contributed by atoms with Gasteiger partial charge in [-0.1, -0.05) is 59.2 Å². The number of rotatable bonds is 4. The number of nitrogens with zero attached hydrogens (tertiary/aromatic N) is 2. The van der Waals surface area contributed by atoms with Gasteiger partial charge in [-0.25, -0.2) is 0 Å². The van der Waals surface area contributed by atoms with Crippen LogP contribution >= 0.6 is 11.6 Å². The summed E-state index contributed by atoms with van der Waals surface area (Å²) in [6.45, 7) is 0. The summed E-state index contributed by atoms with van der Waals surface area (Å²) < 4.78 is 5.26. The number of benzene rings is 2. The number of nitrogens with two attached hydrogens (primary N) is 1. The predicted molar refractivity (Wildman–Crippen MR) is 81.0 cm³/mol. The smallest absolute Gasteiger partial charge is 0.248 e. The van der Waals surface area contributed by atoms with Gasteiger partial charge in [0.1, 0.15) is 6.04 Å². The van der Waals surface area contributed by atoms with Crippen molar-refractivity contribution in [3.05, 3.63) is 82.5 Å². The Bertz CT molecular complexity index is 710. The molecular formula is C16H14ClN3O. The third kappa shape index (κ3) is 3.29. The molecule has 1 aromatic heterocycles. The number of halogens is 1. The zero-order chi connectivity index (χ0) is 14.7. The first-order valence-corrected chi connectivity index (χ1v) is 6.97. The molecule has 2 aromatic carbocycles. The largest absolute Gasteiger partial charge is 0.337 e. The summed E-state index contributed by atoms with van der Waals surface area (Å²) in [5.74, 6) is 1.03. The van der Waals surface area contributed by atoms with E-state index in [1.54, 1.807) is 0 Å². The average Bonchev–Trinajstić information content (AvgIpc) is 2.98. The summed E-state index contributed by atoms with van der Waals surface area (Å²) in [6, 6.07) is 16.8. The molecule has 0 aliphatic carbocycles. The van der Waals surface area contributed by atoms with Gasteiger partial charge in [0.2, 0.25) is 5.89 Å². The fraction of sp³-hybridized carbons (Fsp3) is 0.125. The second-order valence-corrected chi connectivity index (χ2v) is 5.18. The first-order valence-electron chi connectivity index (χ1n) is 6.60. The fourth-order valence-electron chi connectivity index (χ4n) is 2.05. The lowest BCUT2D eigenvalue weighted by Gasteiger charge is -2.05. The molecule has 0 bridgehead atoms. The molecule has 1 atom stereocenters. The monoisotopic (exact) mass is 299 g/mol. The minimum Gasteiger partial charge on any atom is -0.337 e. The van der Waals surface area contributed by atoms with E-state index in [0.29, 0.717) is 23.2 Å². The Morgan fingerprint density at radius 2 is 1.76 bits per heavy atom. The molecule has 0 saturated heterocycles. The lowest BCUT2D eigenvalue weighted by molar-refractivity contribution is 0.363. The van der Waals surface area contributed by atoms with E-state index in [4.69, 9.17) is 21.9 Å². The molecule has 106 valence electrons. The predicted octanol–water partition coefficient (Wildman–Crippen LogP) is 3.36. The van der Waals surface area contributed by atoms with Gasteiger partial charge in [-0.05, 0) is 23.3 Å². The van der Waals surface area contributed by atoms with Gasteiger partial charge in [-0.3, -0.25) is 0 Å². The van der Waals surface area contributed by atoms with Crippen LogP contribution in [-0.4, -0.2) is 10.1 Å². The molecule has 0 fully saturated rings. The third-order valence-electron chi connectivity index (χ3n) is 3.18. The Morgan fingerprint density at radius 1 is 1.05 bits per heavy atom. The van der Waals surface area contributed by atoms with E-state index in [2.05, 4.69) is 10.1 Å². The van der Waals surface area contributed by atoms with Gasteiger partial charge in [0.15, 0.2) is 5.82 Å². The van der Waals surface area contributed by atoms with Crippen LogP contribution in [0.15, 0.2) is 59.1 Å². The van der Waals surface area contributed by atoms with Gasteiger partial charge in [0.25, 0.3) is 0 Å². The molecule has 0 aliphatic rings. The van der Waals surface area contributed by atoms with Gasteiger partial charge in [0, 0.05) is 11.4 Å². The number of aromatic nitrogens is 2. The standard InChI is InChI=1S/C16H14ClN3O/c17-13-8-6-11(7-9-13)10-14-19-16(21-20-14)15(18)12-4-2-1-3-5-12/h1-9,15H,10,18H2. The van der Waals surface area contributed by atoms with Crippen LogP contribution in [0.5, 0.6) is 0 Å². The Hall–Kier alpha value is -2.17. The van der Waals surface area contributed by atoms with Crippen molar-refractivity contribution in [3.8, 4) is 0 Å². The van der Waals surface area contributed by atoms with Crippen LogP contribution < -0.4 is 5.73 Å². The van der Waals surface area contributed by atoms with Crippen molar-refractivity contribution in [1.29, 1.82) is 0 Å². The molecule has 0 radical (unpaired) electrons. The van der Waals surface area contributed by atoms with Crippen molar-refractivity contribution in [3.63, 3.8) is 0 Å². The average molecular weight is 300 g/mol. The second kappa shape index (κ2) is 6.08. The molecule has 2 N–H and O–H groups in total. The zero-order valence-corrected chi connectivity index (χ0v) is 12.0. The van der Waals surface area contributed by atoms with Gasteiger partial charge in [0.05, 0.1) is 0 Å². The Labute approximate surface area is 127 Å². The van der Waals surface area contributed by atoms with Crippen LogP contribution in [0.3, 0.4) is 0 Å². The molecule has 1 unspecified atom stereocenters. The van der Waals surface area contributed by atoms with Crippen LogP contribution in [0.25, 0.3) is 0 Å². The molecule has 0 saturated carbocycles. The Kier molecular flexibility index (Phi) is 3.99. The maximum Gasteiger partial charge on any atom is 0.248 e. The van der Waals surface area contributed by atoms with E-state index in [-0.39, 0.29) is 0 Å².